The lowest BCUT2D eigenvalue weighted by atomic mass is 10.1. The first kappa shape index (κ1) is 23.0. The van der Waals surface area contributed by atoms with Gasteiger partial charge in [0.25, 0.3) is 5.91 Å². The second kappa shape index (κ2) is 9.37. The zero-order chi connectivity index (χ0) is 23.7. The van der Waals surface area contributed by atoms with Crippen LogP contribution in [0.5, 0.6) is 0 Å². The van der Waals surface area contributed by atoms with Crippen molar-refractivity contribution in [3.05, 3.63) is 81.4 Å². The molecule has 0 aliphatic carbocycles. The smallest absolute Gasteiger partial charge is 0.254 e. The maximum atomic E-state index is 13.3. The van der Waals surface area contributed by atoms with E-state index in [4.69, 9.17) is 27.6 Å². The lowest BCUT2D eigenvalue weighted by molar-refractivity contribution is 0.0672. The molecule has 0 saturated carbocycles. The molecule has 0 aliphatic heterocycles. The Bertz CT molecular complexity index is 1290. The summed E-state index contributed by atoms with van der Waals surface area (Å²) >= 11 is 12.5. The fourth-order valence-corrected chi connectivity index (χ4v) is 3.82. The molecule has 2 heterocycles. The molecule has 1 amide bonds. The van der Waals surface area contributed by atoms with E-state index >= 15 is 0 Å². The third-order valence-electron chi connectivity index (χ3n) is 5.32. The van der Waals surface area contributed by atoms with E-state index < -0.39 is 0 Å². The van der Waals surface area contributed by atoms with Crippen LogP contribution in [0.2, 0.25) is 10.0 Å². The fourth-order valence-electron chi connectivity index (χ4n) is 3.48. The van der Waals surface area contributed by atoms with Gasteiger partial charge in [-0.15, -0.1) is 10.2 Å². The number of carbonyl (C=O) groups is 1. The topological polar surface area (TPSA) is 77.1 Å². The highest BCUT2D eigenvalue weighted by Crippen LogP contribution is 2.27. The van der Waals surface area contributed by atoms with Gasteiger partial charge in [-0.1, -0.05) is 35.3 Å². The van der Waals surface area contributed by atoms with Gasteiger partial charge in [0.15, 0.2) is 0 Å². The molecule has 0 N–H and O–H groups in total. The van der Waals surface area contributed by atoms with Crippen LogP contribution in [0.4, 0.5) is 0 Å². The Labute approximate surface area is 201 Å². The third-order valence-corrected chi connectivity index (χ3v) is 6.20. The Morgan fingerprint density at radius 3 is 2.36 bits per heavy atom. The average molecular weight is 484 g/mol. The van der Waals surface area contributed by atoms with Gasteiger partial charge in [-0.05, 0) is 64.1 Å². The SMILES string of the molecule is Cc1nn(-c2ccc(C(=O)N(Cc3nnc(-c4ccccc4Cl)o3)C(C)C)cc2)c(C)c1Cl. The second-order valence-electron chi connectivity index (χ2n) is 7.95. The van der Waals surface area contributed by atoms with E-state index in [2.05, 4.69) is 15.3 Å². The summed E-state index contributed by atoms with van der Waals surface area (Å²) in [6.45, 7) is 7.83. The van der Waals surface area contributed by atoms with Gasteiger partial charge in [-0.2, -0.15) is 5.10 Å². The molecule has 0 atom stereocenters. The molecule has 0 fully saturated rings. The van der Waals surface area contributed by atoms with Crippen molar-refractivity contribution in [1.29, 1.82) is 0 Å². The predicted molar refractivity (Wildman–Crippen MR) is 128 cm³/mol. The van der Waals surface area contributed by atoms with E-state index in [-0.39, 0.29) is 18.5 Å². The number of carbonyl (C=O) groups excluding carboxylic acids is 1. The minimum Gasteiger partial charge on any atom is -0.419 e. The number of aromatic nitrogens is 4. The molecule has 7 nitrogen and oxygen atoms in total. The summed E-state index contributed by atoms with van der Waals surface area (Å²) in [5.41, 5.74) is 3.64. The Balaban J connectivity index is 1.54. The summed E-state index contributed by atoms with van der Waals surface area (Å²) in [4.78, 5) is 14.9. The minimum atomic E-state index is -0.138. The van der Waals surface area contributed by atoms with E-state index in [1.165, 1.54) is 0 Å². The number of hydrogen-bond donors (Lipinski definition) is 0. The van der Waals surface area contributed by atoms with Gasteiger partial charge in [-0.25, -0.2) is 4.68 Å². The molecular weight excluding hydrogens is 461 g/mol. The lowest BCUT2D eigenvalue weighted by Gasteiger charge is -2.25. The molecule has 0 aliphatic rings. The molecule has 0 bridgehead atoms. The highest BCUT2D eigenvalue weighted by molar-refractivity contribution is 6.33. The van der Waals surface area contributed by atoms with Crippen LogP contribution in [0.15, 0.2) is 52.9 Å². The zero-order valence-electron chi connectivity index (χ0n) is 18.7. The van der Waals surface area contributed by atoms with Crippen LogP contribution in [0.3, 0.4) is 0 Å². The van der Waals surface area contributed by atoms with Gasteiger partial charge in [0, 0.05) is 11.6 Å². The van der Waals surface area contributed by atoms with Crippen LogP contribution in [-0.4, -0.2) is 36.8 Å². The molecule has 4 rings (SSSR count). The quantitative estimate of drug-likeness (QED) is 0.341. The summed E-state index contributed by atoms with van der Waals surface area (Å²) in [6, 6.07) is 14.4. The number of aryl methyl sites for hydroxylation is 1. The van der Waals surface area contributed by atoms with Crippen LogP contribution in [0, 0.1) is 13.8 Å². The molecule has 0 unspecified atom stereocenters. The summed E-state index contributed by atoms with van der Waals surface area (Å²) in [6.07, 6.45) is 0. The molecule has 0 saturated heterocycles. The second-order valence-corrected chi connectivity index (χ2v) is 8.74. The Morgan fingerprint density at radius 2 is 1.76 bits per heavy atom. The highest BCUT2D eigenvalue weighted by Gasteiger charge is 2.23. The number of amides is 1. The first-order valence-electron chi connectivity index (χ1n) is 10.5. The van der Waals surface area contributed by atoms with Gasteiger partial charge >= 0.3 is 0 Å². The zero-order valence-corrected chi connectivity index (χ0v) is 20.2. The van der Waals surface area contributed by atoms with E-state index in [9.17, 15) is 4.79 Å². The van der Waals surface area contributed by atoms with Crippen LogP contribution >= 0.6 is 23.2 Å². The molecule has 9 heteroatoms. The number of hydrogen-bond acceptors (Lipinski definition) is 5. The number of benzene rings is 2. The van der Waals surface area contributed by atoms with Gasteiger partial charge in [-0.3, -0.25) is 4.79 Å². The van der Waals surface area contributed by atoms with Crippen molar-refractivity contribution in [1.82, 2.24) is 24.9 Å². The molecule has 0 spiro atoms. The van der Waals surface area contributed by atoms with Gasteiger partial charge in [0.1, 0.15) is 0 Å². The molecule has 2 aromatic heterocycles. The Hall–Kier alpha value is -3.16. The lowest BCUT2D eigenvalue weighted by Crippen LogP contribution is -2.36. The fraction of sp³-hybridized carbons (Fsp3) is 0.250. The Morgan fingerprint density at radius 1 is 1.06 bits per heavy atom. The molecule has 2 aromatic carbocycles. The standard InChI is InChI=1S/C24H23Cl2N5O2/c1-14(2)30(13-21-27-28-23(33-21)19-7-5-6-8-20(19)25)24(32)17-9-11-18(12-10-17)31-16(4)22(26)15(3)29-31/h5-12,14H,13H2,1-4H3. The number of rotatable bonds is 6. The van der Waals surface area contributed by atoms with Gasteiger partial charge < -0.3 is 9.32 Å². The highest BCUT2D eigenvalue weighted by atomic mass is 35.5. The Kier molecular flexibility index (Phi) is 6.54. The van der Waals surface area contributed by atoms with Crippen molar-refractivity contribution in [2.75, 3.05) is 0 Å². The first-order valence-corrected chi connectivity index (χ1v) is 11.2. The van der Waals surface area contributed by atoms with Gasteiger partial charge in [0.2, 0.25) is 11.8 Å². The average Bonchev–Trinajstić information content (AvgIpc) is 3.37. The van der Waals surface area contributed by atoms with E-state index in [1.54, 1.807) is 27.8 Å². The van der Waals surface area contributed by atoms with E-state index in [0.717, 1.165) is 17.1 Å². The van der Waals surface area contributed by atoms with Crippen molar-refractivity contribution in [3.63, 3.8) is 0 Å². The van der Waals surface area contributed by atoms with Crippen molar-refractivity contribution < 1.29 is 9.21 Å². The summed E-state index contributed by atoms with van der Waals surface area (Å²) < 4.78 is 7.56. The molecular formula is C24H23Cl2N5O2. The molecule has 0 radical (unpaired) electrons. The van der Waals surface area contributed by atoms with Crippen LogP contribution in [0.25, 0.3) is 17.1 Å². The summed E-state index contributed by atoms with van der Waals surface area (Å²) in [5.74, 6) is 0.515. The summed E-state index contributed by atoms with van der Waals surface area (Å²) in [5, 5.41) is 13.8. The van der Waals surface area contributed by atoms with Crippen molar-refractivity contribution >= 4 is 29.1 Å². The van der Waals surface area contributed by atoms with E-state index in [1.807, 2.05) is 58.0 Å². The first-order chi connectivity index (χ1) is 15.8. The molecule has 33 heavy (non-hydrogen) atoms. The molecule has 170 valence electrons. The predicted octanol–water partition coefficient (Wildman–Crippen LogP) is 5.90. The normalized spacial score (nSPS) is 11.2. The largest absolute Gasteiger partial charge is 0.419 e. The summed E-state index contributed by atoms with van der Waals surface area (Å²) in [7, 11) is 0. The maximum absolute atomic E-state index is 13.3. The third kappa shape index (κ3) is 4.65. The maximum Gasteiger partial charge on any atom is 0.254 e. The van der Waals surface area contributed by atoms with Crippen molar-refractivity contribution in [3.8, 4) is 17.1 Å². The van der Waals surface area contributed by atoms with E-state index in [0.29, 0.717) is 33.0 Å². The number of nitrogens with zero attached hydrogens (tertiary/aromatic N) is 5. The van der Waals surface area contributed by atoms with Crippen molar-refractivity contribution in [2.24, 2.45) is 0 Å². The molecule has 4 aromatic rings. The van der Waals surface area contributed by atoms with Gasteiger partial charge in [0.05, 0.1) is 39.2 Å². The van der Waals surface area contributed by atoms with Crippen molar-refractivity contribution in [2.45, 2.75) is 40.3 Å². The monoisotopic (exact) mass is 483 g/mol. The van der Waals surface area contributed by atoms with Crippen LogP contribution in [0.1, 0.15) is 41.5 Å². The van der Waals surface area contributed by atoms with Crippen LogP contribution in [-0.2, 0) is 6.54 Å². The number of halogens is 2. The van der Waals surface area contributed by atoms with Crippen LogP contribution < -0.4 is 0 Å². The minimum absolute atomic E-state index is 0.0809.